The van der Waals surface area contributed by atoms with Gasteiger partial charge in [-0.15, -0.1) is 0 Å². The average Bonchev–Trinajstić information content (AvgIpc) is 3.47. The number of para-hydroxylation sites is 2. The summed E-state index contributed by atoms with van der Waals surface area (Å²) in [5, 5.41) is 3.00. The van der Waals surface area contributed by atoms with Crippen molar-refractivity contribution < 1.29 is 18.7 Å². The van der Waals surface area contributed by atoms with Crippen molar-refractivity contribution in [3.8, 4) is 5.75 Å². The number of rotatable bonds is 12. The van der Waals surface area contributed by atoms with E-state index in [4.69, 9.17) is 4.74 Å². The number of anilines is 1. The molecule has 0 saturated carbocycles. The number of hydrogen-bond donors (Lipinski definition) is 1. The highest BCUT2D eigenvalue weighted by atomic mass is 19.1. The minimum atomic E-state index is -0.368. The zero-order valence-electron chi connectivity index (χ0n) is 21.7. The number of nitrogens with one attached hydrogen (secondary N) is 1. The second kappa shape index (κ2) is 13.5. The summed E-state index contributed by atoms with van der Waals surface area (Å²) in [6.07, 6.45) is 5.78. The number of nitrogens with zero attached hydrogens (tertiary/aromatic N) is 2. The highest BCUT2D eigenvalue weighted by molar-refractivity contribution is 5.94. The molecule has 198 valence electrons. The third-order valence-electron chi connectivity index (χ3n) is 6.70. The Bertz CT molecular complexity index is 1250. The fourth-order valence-corrected chi connectivity index (χ4v) is 4.50. The Hall–Kier alpha value is -3.97. The molecule has 6 nitrogen and oxygen atoms in total. The molecule has 7 heteroatoms. The molecule has 0 spiro atoms. The summed E-state index contributed by atoms with van der Waals surface area (Å²) in [6, 6.07) is 20.9. The molecule has 1 N–H and O–H groups in total. The van der Waals surface area contributed by atoms with Crippen molar-refractivity contribution in [1.82, 2.24) is 10.2 Å². The van der Waals surface area contributed by atoms with Crippen LogP contribution in [0.3, 0.4) is 0 Å². The zero-order valence-corrected chi connectivity index (χ0v) is 21.7. The first kappa shape index (κ1) is 27.1. The molecular weight excluding hydrogens is 481 g/mol. The largest absolute Gasteiger partial charge is 0.463 e. The first-order valence-electron chi connectivity index (χ1n) is 13.0. The molecule has 4 rings (SSSR count). The molecule has 3 aromatic rings. The van der Waals surface area contributed by atoms with Crippen LogP contribution in [0, 0.1) is 5.82 Å². The van der Waals surface area contributed by atoms with E-state index in [1.54, 1.807) is 54.8 Å². The highest BCUT2D eigenvalue weighted by Gasteiger charge is 2.14. The van der Waals surface area contributed by atoms with Crippen LogP contribution in [0.5, 0.6) is 5.75 Å². The summed E-state index contributed by atoms with van der Waals surface area (Å²) < 4.78 is 20.1. The summed E-state index contributed by atoms with van der Waals surface area (Å²) in [4.78, 5) is 28.2. The van der Waals surface area contributed by atoms with Crippen molar-refractivity contribution in [3.05, 3.63) is 102 Å². The normalized spacial score (nSPS) is 13.8. The highest BCUT2D eigenvalue weighted by Crippen LogP contribution is 2.30. The van der Waals surface area contributed by atoms with E-state index >= 15 is 0 Å². The predicted molar refractivity (Wildman–Crippen MR) is 148 cm³/mol. The topological polar surface area (TPSA) is 61.9 Å². The molecular formula is C31H34FN3O3. The lowest BCUT2D eigenvalue weighted by Gasteiger charge is -2.20. The van der Waals surface area contributed by atoms with Crippen molar-refractivity contribution in [2.45, 2.75) is 32.7 Å². The van der Waals surface area contributed by atoms with Crippen LogP contribution >= 0.6 is 0 Å². The molecule has 1 aliphatic rings. The van der Waals surface area contributed by atoms with E-state index in [9.17, 15) is 14.0 Å². The van der Waals surface area contributed by atoms with Gasteiger partial charge in [-0.05, 0) is 87.3 Å². The number of allylic oxidation sites excluding steroid dienone is 1. The Labute approximate surface area is 223 Å². The SMILES string of the molecule is C/C(=C/Oc1ccccc1N(C=O)Cc1ccccc1F)c1ccc(C(=O)NCCCN2CCCC2)cc1. The smallest absolute Gasteiger partial charge is 0.251 e. The monoisotopic (exact) mass is 515 g/mol. The molecule has 0 unspecified atom stereocenters. The Kier molecular flexibility index (Phi) is 9.65. The average molecular weight is 516 g/mol. The van der Waals surface area contributed by atoms with Crippen molar-refractivity contribution >= 4 is 23.6 Å². The molecule has 1 aliphatic heterocycles. The van der Waals surface area contributed by atoms with Crippen LogP contribution in [0.1, 0.15) is 47.7 Å². The number of ether oxygens (including phenoxy) is 1. The van der Waals surface area contributed by atoms with Gasteiger partial charge in [-0.25, -0.2) is 4.39 Å². The van der Waals surface area contributed by atoms with Crippen LogP contribution in [-0.2, 0) is 11.3 Å². The van der Waals surface area contributed by atoms with Crippen LogP contribution in [0.25, 0.3) is 5.57 Å². The Balaban J connectivity index is 1.35. The molecule has 0 aliphatic carbocycles. The van der Waals surface area contributed by atoms with Gasteiger partial charge in [-0.2, -0.15) is 0 Å². The van der Waals surface area contributed by atoms with Gasteiger partial charge in [0.2, 0.25) is 6.41 Å². The molecule has 1 saturated heterocycles. The van der Waals surface area contributed by atoms with Crippen LogP contribution < -0.4 is 15.0 Å². The molecule has 1 heterocycles. The summed E-state index contributed by atoms with van der Waals surface area (Å²) >= 11 is 0. The summed E-state index contributed by atoms with van der Waals surface area (Å²) in [5.74, 6) is 0.0292. The van der Waals surface area contributed by atoms with Crippen LogP contribution in [-0.4, -0.2) is 43.4 Å². The van der Waals surface area contributed by atoms with Gasteiger partial charge in [0, 0.05) is 17.7 Å². The second-order valence-corrected chi connectivity index (χ2v) is 9.45. The van der Waals surface area contributed by atoms with E-state index in [0.717, 1.165) is 24.1 Å². The molecule has 38 heavy (non-hydrogen) atoms. The number of carbonyl (C=O) groups excluding carboxylic acids is 2. The van der Waals surface area contributed by atoms with Crippen LogP contribution in [0.4, 0.5) is 10.1 Å². The number of likely N-dealkylation sites (tertiary alicyclic amines) is 1. The first-order valence-corrected chi connectivity index (χ1v) is 13.0. The molecule has 0 radical (unpaired) electrons. The Morgan fingerprint density at radius 1 is 1.00 bits per heavy atom. The number of hydrogen-bond acceptors (Lipinski definition) is 4. The van der Waals surface area contributed by atoms with Gasteiger partial charge >= 0.3 is 0 Å². The van der Waals surface area contributed by atoms with Gasteiger partial charge < -0.3 is 19.9 Å². The van der Waals surface area contributed by atoms with Crippen LogP contribution in [0.15, 0.2) is 79.1 Å². The van der Waals surface area contributed by atoms with Crippen molar-refractivity contribution in [2.75, 3.05) is 31.1 Å². The molecule has 3 aromatic carbocycles. The van der Waals surface area contributed by atoms with Crippen molar-refractivity contribution in [1.29, 1.82) is 0 Å². The maximum absolute atomic E-state index is 14.1. The number of amides is 2. The zero-order chi connectivity index (χ0) is 26.7. The first-order chi connectivity index (χ1) is 18.5. The Morgan fingerprint density at radius 3 is 2.42 bits per heavy atom. The van der Waals surface area contributed by atoms with E-state index in [0.29, 0.717) is 35.5 Å². The van der Waals surface area contributed by atoms with Gasteiger partial charge in [-0.1, -0.05) is 42.5 Å². The molecule has 0 bridgehead atoms. The summed E-state index contributed by atoms with van der Waals surface area (Å²) in [5.41, 5.74) is 3.32. The van der Waals surface area contributed by atoms with E-state index in [-0.39, 0.29) is 18.3 Å². The van der Waals surface area contributed by atoms with Gasteiger partial charge in [-0.3, -0.25) is 9.59 Å². The maximum Gasteiger partial charge on any atom is 0.251 e. The standard InChI is InChI=1S/C31H34FN3O3/c1-24(25-13-15-26(16-14-25)31(37)33-17-8-20-34-18-6-7-19-34)22-38-30-12-5-4-11-29(30)35(23-36)21-27-9-2-3-10-28(27)32/h2-5,9-16,22-23H,6-8,17-21H2,1H3,(H,33,37)/b24-22-. The molecule has 0 aromatic heterocycles. The Morgan fingerprint density at radius 2 is 1.68 bits per heavy atom. The predicted octanol–water partition coefficient (Wildman–Crippen LogP) is 5.64. The second-order valence-electron chi connectivity index (χ2n) is 9.45. The molecule has 0 atom stereocenters. The van der Waals surface area contributed by atoms with Gasteiger partial charge in [0.25, 0.3) is 5.91 Å². The minimum Gasteiger partial charge on any atom is -0.463 e. The van der Waals surface area contributed by atoms with Gasteiger partial charge in [0.05, 0.1) is 18.5 Å². The third-order valence-corrected chi connectivity index (χ3v) is 6.70. The van der Waals surface area contributed by atoms with E-state index < -0.39 is 0 Å². The lowest BCUT2D eigenvalue weighted by Crippen LogP contribution is -2.28. The fraction of sp³-hybridized carbons (Fsp3) is 0.290. The number of halogens is 1. The lowest BCUT2D eigenvalue weighted by atomic mass is 10.1. The fourth-order valence-electron chi connectivity index (χ4n) is 4.50. The summed E-state index contributed by atoms with van der Waals surface area (Å²) in [6.45, 7) is 6.02. The third kappa shape index (κ3) is 7.29. The number of benzene rings is 3. The van der Waals surface area contributed by atoms with Gasteiger partial charge in [0.1, 0.15) is 11.6 Å². The van der Waals surface area contributed by atoms with Crippen molar-refractivity contribution in [2.24, 2.45) is 0 Å². The van der Waals surface area contributed by atoms with Crippen molar-refractivity contribution in [3.63, 3.8) is 0 Å². The van der Waals surface area contributed by atoms with Gasteiger partial charge in [0.15, 0.2) is 0 Å². The van der Waals surface area contributed by atoms with E-state index in [1.165, 1.54) is 36.9 Å². The lowest BCUT2D eigenvalue weighted by molar-refractivity contribution is -0.107. The molecule has 2 amide bonds. The van der Waals surface area contributed by atoms with E-state index in [1.807, 2.05) is 25.1 Å². The summed E-state index contributed by atoms with van der Waals surface area (Å²) in [7, 11) is 0. The quantitative estimate of drug-likeness (QED) is 0.193. The van der Waals surface area contributed by atoms with E-state index in [2.05, 4.69) is 10.2 Å². The van der Waals surface area contributed by atoms with Crippen LogP contribution in [0.2, 0.25) is 0 Å². The number of carbonyl (C=O) groups is 2. The maximum atomic E-state index is 14.1. The minimum absolute atomic E-state index is 0.0754. The molecule has 1 fully saturated rings.